The van der Waals surface area contributed by atoms with Gasteiger partial charge >= 0.3 is 0 Å². The van der Waals surface area contributed by atoms with E-state index in [1.54, 1.807) is 0 Å². The Bertz CT molecular complexity index is 550. The van der Waals surface area contributed by atoms with Gasteiger partial charge in [-0.1, -0.05) is 30.3 Å². The molecule has 0 heterocycles. The minimum Gasteiger partial charge on any atom is -0.339 e. The van der Waals surface area contributed by atoms with Gasteiger partial charge in [0.2, 0.25) is 0 Å². The van der Waals surface area contributed by atoms with Crippen LogP contribution < -0.4 is 4.90 Å². The van der Waals surface area contributed by atoms with Crippen molar-refractivity contribution in [2.45, 2.75) is 24.8 Å². The Morgan fingerprint density at radius 1 is 0.952 bits per heavy atom. The van der Waals surface area contributed by atoms with Gasteiger partial charge in [-0.15, -0.1) is 12.6 Å². The van der Waals surface area contributed by atoms with Crippen LogP contribution >= 0.6 is 12.6 Å². The number of hydrogen-bond donors (Lipinski definition) is 1. The van der Waals surface area contributed by atoms with Crippen molar-refractivity contribution >= 4 is 24.0 Å². The van der Waals surface area contributed by atoms with Gasteiger partial charge in [0.15, 0.2) is 0 Å². The zero-order chi connectivity index (χ0) is 15.4. The number of benzene rings is 2. The number of thiol groups is 1. The summed E-state index contributed by atoms with van der Waals surface area (Å²) in [6.07, 6.45) is 0. The monoisotopic (exact) mass is 300 g/mol. The molecule has 0 radical (unpaired) electrons. The number of rotatable bonds is 5. The summed E-state index contributed by atoms with van der Waals surface area (Å²) >= 11 is 4.64. The second kappa shape index (κ2) is 7.01. The molecule has 2 nitrogen and oxygen atoms in total. The van der Waals surface area contributed by atoms with E-state index in [2.05, 4.69) is 86.8 Å². The van der Waals surface area contributed by atoms with Crippen LogP contribution in [0, 0.1) is 6.92 Å². The summed E-state index contributed by atoms with van der Waals surface area (Å²) in [4.78, 5) is 5.61. The van der Waals surface area contributed by atoms with Crippen molar-refractivity contribution in [2.24, 2.45) is 0 Å². The molecular formula is C18H24N2S. The molecular weight excluding hydrogens is 276 g/mol. The van der Waals surface area contributed by atoms with E-state index >= 15 is 0 Å². The molecule has 0 aliphatic heterocycles. The van der Waals surface area contributed by atoms with Crippen LogP contribution in [-0.4, -0.2) is 31.6 Å². The minimum atomic E-state index is 0.442. The first-order chi connectivity index (χ1) is 10.0. The van der Waals surface area contributed by atoms with E-state index in [0.29, 0.717) is 6.04 Å². The molecule has 2 aromatic carbocycles. The van der Waals surface area contributed by atoms with Crippen molar-refractivity contribution in [3.05, 3.63) is 54.1 Å². The van der Waals surface area contributed by atoms with Crippen LogP contribution in [0.2, 0.25) is 0 Å². The van der Waals surface area contributed by atoms with E-state index in [-0.39, 0.29) is 0 Å². The number of hydrogen-bond acceptors (Lipinski definition) is 3. The summed E-state index contributed by atoms with van der Waals surface area (Å²) in [6.45, 7) is 5.33. The summed E-state index contributed by atoms with van der Waals surface area (Å²) in [5.74, 6) is 0. The number of anilines is 2. The first-order valence-electron chi connectivity index (χ1n) is 7.28. The lowest BCUT2D eigenvalue weighted by molar-refractivity contribution is 0.319. The summed E-state index contributed by atoms with van der Waals surface area (Å²) in [7, 11) is 4.24. The Hall–Kier alpha value is -1.45. The van der Waals surface area contributed by atoms with Crippen LogP contribution in [0.25, 0.3) is 0 Å². The second-order valence-corrected chi connectivity index (χ2v) is 6.18. The third-order valence-corrected chi connectivity index (χ3v) is 4.29. The summed E-state index contributed by atoms with van der Waals surface area (Å²) < 4.78 is 0. The quantitative estimate of drug-likeness (QED) is 0.819. The fourth-order valence-corrected chi connectivity index (χ4v) is 2.59. The Morgan fingerprint density at radius 3 is 2.10 bits per heavy atom. The van der Waals surface area contributed by atoms with Gasteiger partial charge in [-0.3, -0.25) is 0 Å². The minimum absolute atomic E-state index is 0.442. The number of aryl methyl sites for hydroxylation is 1. The van der Waals surface area contributed by atoms with E-state index in [0.717, 1.165) is 17.1 Å². The lowest BCUT2D eigenvalue weighted by atomic mass is 10.1. The average molecular weight is 300 g/mol. The van der Waals surface area contributed by atoms with Gasteiger partial charge in [0.1, 0.15) is 0 Å². The van der Waals surface area contributed by atoms with Crippen molar-refractivity contribution in [1.82, 2.24) is 4.90 Å². The zero-order valence-corrected chi connectivity index (χ0v) is 14.1. The number of likely N-dealkylation sites (N-methyl/N-ethyl adjacent to an activating group) is 1. The van der Waals surface area contributed by atoms with Gasteiger partial charge in [0.05, 0.1) is 5.69 Å². The molecule has 1 atom stereocenters. The topological polar surface area (TPSA) is 6.48 Å². The summed E-state index contributed by atoms with van der Waals surface area (Å²) in [5.41, 5.74) is 3.68. The third-order valence-electron chi connectivity index (χ3n) is 3.91. The first-order valence-corrected chi connectivity index (χ1v) is 7.73. The smallest absolute Gasteiger partial charge is 0.0546 e. The maximum absolute atomic E-state index is 4.64. The lowest BCUT2D eigenvalue weighted by Gasteiger charge is -2.32. The molecule has 3 heteroatoms. The standard InChI is InChI=1S/C18H24N2S/c1-14-9-5-6-10-16(14)20(13-15(2)19(3)4)17-11-7-8-12-18(17)21/h5-12,15,21H,13H2,1-4H3. The third kappa shape index (κ3) is 3.80. The van der Waals surface area contributed by atoms with E-state index in [1.807, 2.05) is 12.1 Å². The molecule has 0 saturated carbocycles. The number of nitrogens with zero attached hydrogens (tertiary/aromatic N) is 2. The largest absolute Gasteiger partial charge is 0.339 e. The second-order valence-electron chi connectivity index (χ2n) is 5.70. The Labute approximate surface area is 133 Å². The molecule has 1 unspecified atom stereocenters. The molecule has 0 amide bonds. The molecule has 0 saturated heterocycles. The van der Waals surface area contributed by atoms with E-state index in [9.17, 15) is 0 Å². The Balaban J connectivity index is 2.45. The highest BCUT2D eigenvalue weighted by Crippen LogP contribution is 2.32. The van der Waals surface area contributed by atoms with E-state index < -0.39 is 0 Å². The van der Waals surface area contributed by atoms with Gasteiger partial charge in [0.25, 0.3) is 0 Å². The van der Waals surface area contributed by atoms with Crippen LogP contribution in [0.4, 0.5) is 11.4 Å². The van der Waals surface area contributed by atoms with Gasteiger partial charge in [-0.25, -0.2) is 0 Å². The molecule has 0 fully saturated rings. The average Bonchev–Trinajstić information content (AvgIpc) is 2.46. The molecule has 0 aliphatic rings. The predicted molar refractivity (Wildman–Crippen MR) is 95.0 cm³/mol. The molecule has 0 spiro atoms. The maximum Gasteiger partial charge on any atom is 0.0546 e. The van der Waals surface area contributed by atoms with Crippen molar-refractivity contribution < 1.29 is 0 Å². The molecule has 0 aliphatic carbocycles. The van der Waals surface area contributed by atoms with E-state index in [1.165, 1.54) is 11.3 Å². The van der Waals surface area contributed by atoms with E-state index in [4.69, 9.17) is 0 Å². The fourth-order valence-electron chi connectivity index (χ4n) is 2.31. The molecule has 21 heavy (non-hydrogen) atoms. The normalized spacial score (nSPS) is 12.5. The number of para-hydroxylation sites is 2. The van der Waals surface area contributed by atoms with Crippen LogP contribution in [-0.2, 0) is 0 Å². The summed E-state index contributed by atoms with van der Waals surface area (Å²) in [6, 6.07) is 17.2. The van der Waals surface area contributed by atoms with Gasteiger partial charge < -0.3 is 9.80 Å². The molecule has 2 aromatic rings. The van der Waals surface area contributed by atoms with Crippen LogP contribution in [0.5, 0.6) is 0 Å². The predicted octanol–water partition coefficient (Wildman–Crippen LogP) is 4.37. The van der Waals surface area contributed by atoms with Crippen molar-refractivity contribution in [1.29, 1.82) is 0 Å². The fraction of sp³-hybridized carbons (Fsp3) is 0.333. The SMILES string of the molecule is Cc1ccccc1N(CC(C)N(C)C)c1ccccc1S. The zero-order valence-electron chi connectivity index (χ0n) is 13.2. The van der Waals surface area contributed by atoms with Crippen LogP contribution in [0.3, 0.4) is 0 Å². The molecule has 0 bridgehead atoms. The molecule has 0 aromatic heterocycles. The highest BCUT2D eigenvalue weighted by atomic mass is 32.1. The van der Waals surface area contributed by atoms with Gasteiger partial charge in [-0.2, -0.15) is 0 Å². The van der Waals surface area contributed by atoms with Crippen LogP contribution in [0.1, 0.15) is 12.5 Å². The Kier molecular flexibility index (Phi) is 5.32. The first kappa shape index (κ1) is 15.9. The Morgan fingerprint density at radius 2 is 1.52 bits per heavy atom. The van der Waals surface area contributed by atoms with Gasteiger partial charge in [-0.05, 0) is 51.7 Å². The van der Waals surface area contributed by atoms with Crippen LogP contribution in [0.15, 0.2) is 53.4 Å². The maximum atomic E-state index is 4.64. The van der Waals surface area contributed by atoms with Crippen molar-refractivity contribution in [2.75, 3.05) is 25.5 Å². The van der Waals surface area contributed by atoms with Gasteiger partial charge in [0, 0.05) is 23.2 Å². The summed E-state index contributed by atoms with van der Waals surface area (Å²) in [5, 5.41) is 0. The lowest BCUT2D eigenvalue weighted by Crippen LogP contribution is -2.36. The molecule has 112 valence electrons. The van der Waals surface area contributed by atoms with Crippen molar-refractivity contribution in [3.8, 4) is 0 Å². The highest BCUT2D eigenvalue weighted by molar-refractivity contribution is 7.80. The molecule has 2 rings (SSSR count). The van der Waals surface area contributed by atoms with Crippen molar-refractivity contribution in [3.63, 3.8) is 0 Å². The highest BCUT2D eigenvalue weighted by Gasteiger charge is 2.17. The molecule has 0 N–H and O–H groups in total.